The van der Waals surface area contributed by atoms with E-state index in [1.54, 1.807) is 18.2 Å². The third kappa shape index (κ3) is 8.05. The van der Waals surface area contributed by atoms with Crippen LogP contribution in [0, 0.1) is 0 Å². The third-order valence-electron chi connectivity index (χ3n) is 5.87. The fourth-order valence-corrected chi connectivity index (χ4v) is 4.04. The van der Waals surface area contributed by atoms with Gasteiger partial charge < -0.3 is 34.3 Å². The van der Waals surface area contributed by atoms with E-state index in [9.17, 15) is 14.4 Å². The van der Waals surface area contributed by atoms with Crippen molar-refractivity contribution in [1.82, 2.24) is 10.2 Å². The second-order valence-corrected chi connectivity index (χ2v) is 8.33. The molecule has 0 saturated carbocycles. The zero-order valence-electron chi connectivity index (χ0n) is 20.1. The molecule has 2 heterocycles. The first-order valence-corrected chi connectivity index (χ1v) is 11.9. The van der Waals surface area contributed by atoms with Crippen molar-refractivity contribution < 1.29 is 38.4 Å². The molecule has 0 aromatic heterocycles. The zero-order valence-corrected chi connectivity index (χ0v) is 20.1. The number of hydrogen-bond donors (Lipinski definition) is 2. The molecule has 35 heavy (non-hydrogen) atoms. The number of nitrogens with one attached hydrogen (secondary N) is 1. The molecule has 0 aliphatic carbocycles. The van der Waals surface area contributed by atoms with Crippen LogP contribution in [0.4, 0.5) is 0 Å². The number of carbonyl (C=O) groups excluding carboxylic acids is 3. The molecule has 0 spiro atoms. The molecule has 2 unspecified atom stereocenters. The summed E-state index contributed by atoms with van der Waals surface area (Å²) in [5, 5.41) is 11.7. The molecule has 1 aromatic carbocycles. The molecule has 0 radical (unpaired) electrons. The fraction of sp³-hybridized carbons (Fsp3) is 0.560. The Hall–Kier alpha value is -2.95. The van der Waals surface area contributed by atoms with Crippen molar-refractivity contribution in [1.29, 1.82) is 0 Å². The minimum Gasteiger partial charge on any atom is -0.465 e. The van der Waals surface area contributed by atoms with Crippen molar-refractivity contribution in [3.63, 3.8) is 0 Å². The number of hydrogen-bond acceptors (Lipinski definition) is 8. The van der Waals surface area contributed by atoms with Crippen LogP contribution in [0.25, 0.3) is 0 Å². The first-order valence-electron chi connectivity index (χ1n) is 11.9. The lowest BCUT2D eigenvalue weighted by atomic mass is 9.92. The van der Waals surface area contributed by atoms with E-state index in [2.05, 4.69) is 5.32 Å². The van der Waals surface area contributed by atoms with Gasteiger partial charge in [-0.3, -0.25) is 9.59 Å². The number of methoxy groups -OCH3 is 1. The Morgan fingerprint density at radius 2 is 2.00 bits per heavy atom. The van der Waals surface area contributed by atoms with Crippen LogP contribution in [0.3, 0.4) is 0 Å². The summed E-state index contributed by atoms with van der Waals surface area (Å²) < 4.78 is 21.6. The van der Waals surface area contributed by atoms with Crippen LogP contribution in [-0.2, 0) is 28.5 Å². The summed E-state index contributed by atoms with van der Waals surface area (Å²) in [6, 6.07) is 7.01. The Kier molecular flexibility index (Phi) is 10.5. The summed E-state index contributed by atoms with van der Waals surface area (Å²) >= 11 is 0. The fourth-order valence-electron chi connectivity index (χ4n) is 4.04. The van der Waals surface area contributed by atoms with Crippen molar-refractivity contribution in [2.75, 3.05) is 53.2 Å². The SMILES string of the molecule is COC(=O)c1ccc(C2C=C(C(=O)NCCCN3CCCC3=O)OC(OCCOCCO)C2)cc1. The van der Waals surface area contributed by atoms with Gasteiger partial charge in [-0.1, -0.05) is 12.1 Å². The monoisotopic (exact) mass is 490 g/mol. The average Bonchev–Trinajstić information content (AvgIpc) is 3.30. The summed E-state index contributed by atoms with van der Waals surface area (Å²) in [6.07, 6.45) is 3.72. The van der Waals surface area contributed by atoms with E-state index in [-0.39, 0.29) is 43.3 Å². The van der Waals surface area contributed by atoms with Crippen LogP contribution < -0.4 is 5.32 Å². The molecule has 2 aliphatic heterocycles. The lowest BCUT2D eigenvalue weighted by Crippen LogP contribution is -2.35. The normalized spacial score (nSPS) is 19.8. The number of allylic oxidation sites excluding steroid dienone is 1. The number of esters is 1. The van der Waals surface area contributed by atoms with E-state index in [4.69, 9.17) is 24.1 Å². The van der Waals surface area contributed by atoms with E-state index in [0.717, 1.165) is 18.5 Å². The lowest BCUT2D eigenvalue weighted by Gasteiger charge is -2.29. The second kappa shape index (κ2) is 13.8. The largest absolute Gasteiger partial charge is 0.465 e. The molecule has 2 amide bonds. The van der Waals surface area contributed by atoms with Crippen LogP contribution in [0.15, 0.2) is 36.1 Å². The molecule has 2 aliphatic rings. The van der Waals surface area contributed by atoms with E-state index in [1.807, 2.05) is 17.0 Å². The molecule has 2 N–H and O–H groups in total. The number of rotatable bonds is 13. The van der Waals surface area contributed by atoms with Crippen LogP contribution >= 0.6 is 0 Å². The van der Waals surface area contributed by atoms with E-state index in [1.165, 1.54) is 7.11 Å². The Balaban J connectivity index is 1.60. The first kappa shape index (κ1) is 26.7. The van der Waals surface area contributed by atoms with Crippen LogP contribution in [0.2, 0.25) is 0 Å². The number of amides is 2. The van der Waals surface area contributed by atoms with Crippen LogP contribution in [0.5, 0.6) is 0 Å². The van der Waals surface area contributed by atoms with E-state index >= 15 is 0 Å². The number of carbonyl (C=O) groups is 3. The van der Waals surface area contributed by atoms with Gasteiger partial charge in [0.25, 0.3) is 5.91 Å². The quantitative estimate of drug-likeness (QED) is 0.314. The number of aliphatic hydroxyl groups excluding tert-OH is 1. The Labute approximate surface area is 205 Å². The van der Waals surface area contributed by atoms with Crippen molar-refractivity contribution in [3.05, 3.63) is 47.2 Å². The maximum atomic E-state index is 12.8. The smallest absolute Gasteiger partial charge is 0.337 e. The highest BCUT2D eigenvalue weighted by molar-refractivity contribution is 5.92. The first-order chi connectivity index (χ1) is 17.0. The summed E-state index contributed by atoms with van der Waals surface area (Å²) in [7, 11) is 1.33. The van der Waals surface area contributed by atoms with Gasteiger partial charge in [0.15, 0.2) is 5.76 Å². The standard InChI is InChI=1S/C25H34N2O8/c1-32-25(31)19-7-5-18(6-8-19)20-16-21(35-23(17-20)34-15-14-33-13-12-28)24(30)26-9-3-11-27-10-2-4-22(27)29/h5-8,16,20,23,28H,2-4,9-15,17H2,1H3,(H,26,30). The number of benzene rings is 1. The summed E-state index contributed by atoms with van der Waals surface area (Å²) in [5.41, 5.74) is 1.35. The van der Waals surface area contributed by atoms with E-state index < -0.39 is 12.3 Å². The van der Waals surface area contributed by atoms with Gasteiger partial charge >= 0.3 is 5.97 Å². The predicted molar refractivity (Wildman–Crippen MR) is 125 cm³/mol. The molecule has 10 nitrogen and oxygen atoms in total. The van der Waals surface area contributed by atoms with Crippen LogP contribution in [-0.4, -0.2) is 87.3 Å². The molecule has 10 heteroatoms. The highest BCUT2D eigenvalue weighted by Gasteiger charge is 2.29. The molecule has 1 fully saturated rings. The molecular formula is C25H34N2O8. The highest BCUT2D eigenvalue weighted by atomic mass is 16.7. The molecular weight excluding hydrogens is 456 g/mol. The van der Waals surface area contributed by atoms with E-state index in [0.29, 0.717) is 44.5 Å². The topological polar surface area (TPSA) is 124 Å². The van der Waals surface area contributed by atoms with Gasteiger partial charge in [0.1, 0.15) is 0 Å². The highest BCUT2D eigenvalue weighted by Crippen LogP contribution is 2.31. The molecule has 3 rings (SSSR count). The number of nitrogens with zero attached hydrogens (tertiary/aromatic N) is 1. The second-order valence-electron chi connectivity index (χ2n) is 8.33. The van der Waals surface area contributed by atoms with Crippen LogP contribution in [0.1, 0.15) is 47.5 Å². The maximum absolute atomic E-state index is 12.8. The van der Waals surface area contributed by atoms with Gasteiger partial charge in [0.05, 0.1) is 39.1 Å². The molecule has 1 aromatic rings. The summed E-state index contributed by atoms with van der Waals surface area (Å²) in [6.45, 7) is 2.51. The van der Waals surface area contributed by atoms with Crippen molar-refractivity contribution in [2.24, 2.45) is 0 Å². The molecule has 192 valence electrons. The summed E-state index contributed by atoms with van der Waals surface area (Å²) in [5.74, 6) is -0.602. The molecule has 1 saturated heterocycles. The van der Waals surface area contributed by atoms with Gasteiger partial charge in [0.2, 0.25) is 12.2 Å². The third-order valence-corrected chi connectivity index (χ3v) is 5.87. The Bertz CT molecular complexity index is 886. The van der Waals surface area contributed by atoms with Gasteiger partial charge in [0, 0.05) is 38.4 Å². The molecule has 2 atom stereocenters. The minimum absolute atomic E-state index is 0.0669. The number of likely N-dealkylation sites (tertiary alicyclic amines) is 1. The van der Waals surface area contributed by atoms with Crippen molar-refractivity contribution >= 4 is 17.8 Å². The van der Waals surface area contributed by atoms with Gasteiger partial charge in [-0.15, -0.1) is 0 Å². The maximum Gasteiger partial charge on any atom is 0.337 e. The van der Waals surface area contributed by atoms with Crippen molar-refractivity contribution in [2.45, 2.75) is 37.9 Å². The van der Waals surface area contributed by atoms with Gasteiger partial charge in [-0.25, -0.2) is 4.79 Å². The van der Waals surface area contributed by atoms with Gasteiger partial charge in [-0.05, 0) is 36.6 Å². The zero-order chi connectivity index (χ0) is 25.0. The predicted octanol–water partition coefficient (Wildman–Crippen LogP) is 1.34. The van der Waals surface area contributed by atoms with Gasteiger partial charge in [-0.2, -0.15) is 0 Å². The summed E-state index contributed by atoms with van der Waals surface area (Å²) in [4.78, 5) is 38.1. The minimum atomic E-state index is -0.661. The van der Waals surface area contributed by atoms with Crippen molar-refractivity contribution in [3.8, 4) is 0 Å². The number of aliphatic hydroxyl groups is 1. The Morgan fingerprint density at radius 1 is 1.20 bits per heavy atom. The molecule has 0 bridgehead atoms. The lowest BCUT2D eigenvalue weighted by molar-refractivity contribution is -0.151. The number of ether oxygens (including phenoxy) is 4. The average molecular weight is 491 g/mol. The Morgan fingerprint density at radius 3 is 2.69 bits per heavy atom.